The highest BCUT2D eigenvalue weighted by Crippen LogP contribution is 2.43. The van der Waals surface area contributed by atoms with E-state index in [2.05, 4.69) is 27.7 Å². The molecule has 0 radical (unpaired) electrons. The molecule has 2 rings (SSSR count). The molecule has 1 aromatic rings. The summed E-state index contributed by atoms with van der Waals surface area (Å²) in [5.41, 5.74) is 2.66. The maximum atomic E-state index is 12.9. The lowest BCUT2D eigenvalue weighted by Crippen LogP contribution is -2.37. The van der Waals surface area contributed by atoms with Gasteiger partial charge in [-0.3, -0.25) is 23.4 Å². The Hall–Kier alpha value is -2.42. The highest BCUT2D eigenvalue weighted by molar-refractivity contribution is 7.47. The number of hydrogen-bond donors (Lipinski definition) is 4. The third kappa shape index (κ3) is 27.5. The van der Waals surface area contributed by atoms with E-state index in [9.17, 15) is 39.2 Å². The number of carbonyl (C=O) groups excluding carboxylic acids is 3. The number of hydrogen-bond acceptors (Lipinski definition) is 12. The lowest BCUT2D eigenvalue weighted by Gasteiger charge is -2.24. The molecule has 0 saturated heterocycles. The van der Waals surface area contributed by atoms with Crippen molar-refractivity contribution < 1.29 is 66.6 Å². The Kier molecular flexibility index (Phi) is 30.8. The second-order valence-corrected chi connectivity index (χ2v) is 21.6. The van der Waals surface area contributed by atoms with Gasteiger partial charge in [-0.15, -0.1) is 0 Å². The van der Waals surface area contributed by atoms with Crippen LogP contribution in [-0.4, -0.2) is 114 Å². The number of aryl methyl sites for hydroxylation is 2. The third-order valence-corrected chi connectivity index (χ3v) is 14.0. The van der Waals surface area contributed by atoms with Gasteiger partial charge in [-0.2, -0.15) is 0 Å². The van der Waals surface area contributed by atoms with Crippen LogP contribution >= 0.6 is 7.82 Å². The molecule has 0 aromatic carbocycles. The minimum absolute atomic E-state index is 0.0397. The highest BCUT2D eigenvalue weighted by Gasteiger charge is 2.41. The van der Waals surface area contributed by atoms with Crippen molar-refractivity contribution in [1.29, 1.82) is 0 Å². The Morgan fingerprint density at radius 3 is 1.88 bits per heavy atom. The van der Waals surface area contributed by atoms with Crippen molar-refractivity contribution in [3.05, 3.63) is 34.8 Å². The van der Waals surface area contributed by atoms with Gasteiger partial charge in [0.25, 0.3) is 0 Å². The number of nitrogens with zero attached hydrogens (tertiary/aromatic N) is 1. The Balaban J connectivity index is 1.71. The first-order chi connectivity index (χ1) is 31.9. The molecule has 1 fully saturated rings. The van der Waals surface area contributed by atoms with Gasteiger partial charge in [0.05, 0.1) is 46.1 Å². The molecule has 4 N–H and O–H groups in total. The van der Waals surface area contributed by atoms with E-state index in [4.69, 9.17) is 22.9 Å². The molecule has 1 aliphatic rings. The molecule has 1 unspecified atom stereocenters. The number of rotatable bonds is 40. The number of ether oxygens (including phenoxy) is 2. The van der Waals surface area contributed by atoms with Crippen LogP contribution < -0.4 is 0 Å². The molecule has 388 valence electrons. The molecule has 7 atom stereocenters. The van der Waals surface area contributed by atoms with Crippen molar-refractivity contribution in [2.24, 2.45) is 11.8 Å². The van der Waals surface area contributed by atoms with Gasteiger partial charge in [-0.25, -0.2) is 4.57 Å². The van der Waals surface area contributed by atoms with Crippen LogP contribution in [0.5, 0.6) is 0 Å². The zero-order chi connectivity index (χ0) is 49.7. The van der Waals surface area contributed by atoms with E-state index in [-0.39, 0.29) is 51.1 Å². The zero-order valence-electron chi connectivity index (χ0n) is 42.7. The van der Waals surface area contributed by atoms with Crippen LogP contribution in [0.4, 0.5) is 0 Å². The molecule has 0 spiro atoms. The fourth-order valence-corrected chi connectivity index (χ4v) is 9.28. The number of esters is 2. The Morgan fingerprint density at radius 1 is 0.731 bits per heavy atom. The predicted molar refractivity (Wildman–Crippen MR) is 262 cm³/mol. The number of phosphoric ester groups is 1. The smallest absolute Gasteiger partial charge is 0.466 e. The fourth-order valence-electron chi connectivity index (χ4n) is 8.54. The SMILES string of the molecule is CCCCCc1oc(CCCCCCCCCCCCC(=O)OC[C@H](COP(=O)(O)OCC[N+](C)(C)C)OC(=O)CCCCC(=O)C[C@@H]2[C@@H](/C=C/[C@@H](O)CCCCC)[C@H](O)C[C@@H]2O)c(C)c1C. The van der Waals surface area contributed by atoms with E-state index < -0.39 is 62.6 Å². The number of Topliss-reactive ketones (excluding diaryl/α,β-unsaturated/α-hetero) is 1. The summed E-state index contributed by atoms with van der Waals surface area (Å²) in [7, 11) is 1.24. The summed E-state index contributed by atoms with van der Waals surface area (Å²) in [5, 5.41) is 31.5. The quantitative estimate of drug-likeness (QED) is 0.0159. The second kappa shape index (κ2) is 34.0. The van der Waals surface area contributed by atoms with Crippen LogP contribution in [0.2, 0.25) is 0 Å². The van der Waals surface area contributed by atoms with Gasteiger partial charge in [0, 0.05) is 56.8 Å². The van der Waals surface area contributed by atoms with Crippen LogP contribution in [0.25, 0.3) is 0 Å². The summed E-state index contributed by atoms with van der Waals surface area (Å²) in [5.74, 6) is 0.233. The van der Waals surface area contributed by atoms with E-state index in [0.29, 0.717) is 36.7 Å². The number of aliphatic hydroxyl groups is 3. The molecule has 1 aliphatic carbocycles. The van der Waals surface area contributed by atoms with Crippen molar-refractivity contribution in [3.63, 3.8) is 0 Å². The summed E-state index contributed by atoms with van der Waals surface area (Å²) in [6, 6.07) is 0. The van der Waals surface area contributed by atoms with Gasteiger partial charge in [0.15, 0.2) is 6.10 Å². The summed E-state index contributed by atoms with van der Waals surface area (Å²) in [4.78, 5) is 48.8. The maximum Gasteiger partial charge on any atom is 0.472 e. The average Bonchev–Trinajstić information content (AvgIpc) is 3.69. The molecular weight excluding hydrogens is 878 g/mol. The lowest BCUT2D eigenvalue weighted by molar-refractivity contribution is -0.870. The van der Waals surface area contributed by atoms with E-state index >= 15 is 0 Å². The number of unbranched alkanes of at least 4 members (excludes halogenated alkanes) is 14. The van der Waals surface area contributed by atoms with Crippen LogP contribution in [0.3, 0.4) is 0 Å². The molecule has 14 nitrogen and oxygen atoms in total. The topological polar surface area (TPSA) is 199 Å². The van der Waals surface area contributed by atoms with Gasteiger partial charge in [-0.1, -0.05) is 109 Å². The van der Waals surface area contributed by atoms with Crippen LogP contribution in [0.1, 0.15) is 191 Å². The molecule has 0 bridgehead atoms. The standard InChI is InChI=1S/C52H92NO13P/c1-8-10-20-26-42(54)32-33-45-46(48(57)37-47(45)56)36-43(55)27-24-25-31-52(59)65-44(39-64-67(60,61)63-35-34-53(5,6)7)38-62-51(58)30-23-19-17-15-13-12-14-16-18-22-29-50-41(4)40(3)49(66-50)28-21-11-9-2/h32-33,42,44-48,54,56-57H,8-31,34-39H2,1-7H3/p+1/b33-32+/t42-,44+,45+,46+,47+,48-/m0/s1. The van der Waals surface area contributed by atoms with E-state index in [1.807, 2.05) is 21.1 Å². The zero-order valence-corrected chi connectivity index (χ0v) is 43.6. The first kappa shape index (κ1) is 60.7. The second-order valence-electron chi connectivity index (χ2n) is 20.1. The molecule has 67 heavy (non-hydrogen) atoms. The highest BCUT2D eigenvalue weighted by atomic mass is 31.2. The molecule has 0 amide bonds. The van der Waals surface area contributed by atoms with Crippen molar-refractivity contribution in [1.82, 2.24) is 0 Å². The van der Waals surface area contributed by atoms with Gasteiger partial charge in [0.2, 0.25) is 0 Å². The van der Waals surface area contributed by atoms with E-state index in [0.717, 1.165) is 57.8 Å². The predicted octanol–water partition coefficient (Wildman–Crippen LogP) is 10.1. The normalized spacial score (nSPS) is 19.4. The average molecular weight is 971 g/mol. The number of likely N-dealkylation sites (N-methyl/N-ethyl adjacent to an activating group) is 1. The number of carbonyl (C=O) groups is 3. The number of phosphoric acid groups is 1. The number of aliphatic hydroxyl groups excluding tert-OH is 3. The number of quaternary nitrogens is 1. The third-order valence-electron chi connectivity index (χ3n) is 13.0. The summed E-state index contributed by atoms with van der Waals surface area (Å²) in [6.45, 7) is 8.22. The van der Waals surface area contributed by atoms with Crippen molar-refractivity contribution in [2.75, 3.05) is 47.5 Å². The van der Waals surface area contributed by atoms with Gasteiger partial charge < -0.3 is 38.6 Å². The summed E-state index contributed by atoms with van der Waals surface area (Å²) >= 11 is 0. The van der Waals surface area contributed by atoms with Crippen LogP contribution in [-0.2, 0) is 50.3 Å². The largest absolute Gasteiger partial charge is 0.472 e. The maximum absolute atomic E-state index is 12.9. The fraction of sp³-hybridized carbons (Fsp3) is 0.827. The minimum Gasteiger partial charge on any atom is -0.466 e. The van der Waals surface area contributed by atoms with Gasteiger partial charge in [-0.05, 0) is 63.5 Å². The first-order valence-electron chi connectivity index (χ1n) is 25.9. The Labute approximate surface area is 404 Å². The molecule has 1 heterocycles. The first-order valence-corrected chi connectivity index (χ1v) is 27.4. The number of ketones is 1. The lowest BCUT2D eigenvalue weighted by atomic mass is 9.87. The Bertz CT molecular complexity index is 1610. The minimum atomic E-state index is -4.49. The molecular formula is C52H93NO13P+. The molecule has 1 aromatic heterocycles. The van der Waals surface area contributed by atoms with Crippen molar-refractivity contribution in [2.45, 2.75) is 219 Å². The Morgan fingerprint density at radius 2 is 1.27 bits per heavy atom. The van der Waals surface area contributed by atoms with Crippen LogP contribution in [0.15, 0.2) is 16.6 Å². The summed E-state index contributed by atoms with van der Waals surface area (Å²) in [6.07, 6.45) is 21.3. The molecule has 1 saturated carbocycles. The van der Waals surface area contributed by atoms with E-state index in [1.165, 1.54) is 74.0 Å². The van der Waals surface area contributed by atoms with Gasteiger partial charge >= 0.3 is 19.8 Å². The van der Waals surface area contributed by atoms with Crippen LogP contribution in [0, 0.1) is 25.7 Å². The molecule has 0 aliphatic heterocycles. The molecule has 15 heteroatoms. The van der Waals surface area contributed by atoms with E-state index in [1.54, 1.807) is 12.2 Å². The van der Waals surface area contributed by atoms with Crippen molar-refractivity contribution >= 4 is 25.5 Å². The number of furan rings is 1. The van der Waals surface area contributed by atoms with Crippen molar-refractivity contribution in [3.8, 4) is 0 Å². The monoisotopic (exact) mass is 971 g/mol. The summed E-state index contributed by atoms with van der Waals surface area (Å²) < 4.78 is 40.6. The van der Waals surface area contributed by atoms with Gasteiger partial charge in [0.1, 0.15) is 37.1 Å².